The maximum absolute atomic E-state index is 12.6. The van der Waals surface area contributed by atoms with Crippen molar-refractivity contribution >= 4 is 11.7 Å². The quantitative estimate of drug-likeness (QED) is 0.396. The van der Waals surface area contributed by atoms with E-state index in [1.165, 1.54) is 0 Å². The van der Waals surface area contributed by atoms with Crippen LogP contribution in [0.3, 0.4) is 0 Å². The molecule has 2 aromatic carbocycles. The molecular formula is C21H17N5OPt. The standard InChI is InChI=1S/C21H17N5O.Pt/c1-15-13-19(23-25(15)17-9-5-3-6-10-17)21(27)22-20-14-16(2)26(24-20)18-11-7-4-8-12-18;/h3-9,11,13-14H,1-2H3,(H,22,24,27);/q-2;+2. The molecule has 0 aliphatic heterocycles. The van der Waals surface area contributed by atoms with Crippen LogP contribution in [0.15, 0.2) is 60.7 Å². The summed E-state index contributed by atoms with van der Waals surface area (Å²) >= 11 is 0. The molecule has 0 aliphatic rings. The van der Waals surface area contributed by atoms with Crippen LogP contribution in [-0.4, -0.2) is 25.5 Å². The van der Waals surface area contributed by atoms with Gasteiger partial charge in [-0.1, -0.05) is 0 Å². The molecule has 0 spiro atoms. The molecule has 6 nitrogen and oxygen atoms in total. The van der Waals surface area contributed by atoms with E-state index in [1.54, 1.807) is 15.4 Å². The number of aromatic nitrogens is 4. The fraction of sp³-hybridized carbons (Fsp3) is 0.0952. The zero-order valence-corrected chi connectivity index (χ0v) is 17.6. The van der Waals surface area contributed by atoms with E-state index < -0.39 is 0 Å². The van der Waals surface area contributed by atoms with Gasteiger partial charge < -0.3 is 5.32 Å². The molecule has 4 rings (SSSR count). The van der Waals surface area contributed by atoms with Crippen LogP contribution < -0.4 is 5.32 Å². The normalized spacial score (nSPS) is 10.4. The number of aryl methyl sites for hydroxylation is 2. The number of amides is 1. The number of nitrogens with one attached hydrogen (secondary N) is 1. The zero-order valence-electron chi connectivity index (χ0n) is 15.3. The summed E-state index contributed by atoms with van der Waals surface area (Å²) < 4.78 is 3.43. The van der Waals surface area contributed by atoms with Gasteiger partial charge in [-0.2, -0.15) is 58.7 Å². The van der Waals surface area contributed by atoms with Crippen LogP contribution in [0.2, 0.25) is 0 Å². The third-order valence-electron chi connectivity index (χ3n) is 4.09. The zero-order chi connectivity index (χ0) is 18.8. The van der Waals surface area contributed by atoms with Crippen molar-refractivity contribution in [3.05, 3.63) is 89.9 Å². The first-order chi connectivity index (χ1) is 13.1. The van der Waals surface area contributed by atoms with Crippen LogP contribution in [-0.2, 0) is 21.1 Å². The number of para-hydroxylation sites is 2. The summed E-state index contributed by atoms with van der Waals surface area (Å²) in [4.78, 5) is 12.6. The molecule has 0 unspecified atom stereocenters. The summed E-state index contributed by atoms with van der Waals surface area (Å²) in [6.07, 6.45) is 0. The molecular weight excluding hydrogens is 533 g/mol. The minimum atomic E-state index is -0.311. The molecule has 0 bridgehead atoms. The average molecular weight is 550 g/mol. The van der Waals surface area contributed by atoms with Crippen molar-refractivity contribution in [2.75, 3.05) is 5.32 Å². The van der Waals surface area contributed by atoms with Crippen molar-refractivity contribution in [1.29, 1.82) is 0 Å². The summed E-state index contributed by atoms with van der Waals surface area (Å²) in [7, 11) is 0. The fourth-order valence-electron chi connectivity index (χ4n) is 2.82. The molecule has 0 radical (unpaired) electrons. The summed E-state index contributed by atoms with van der Waals surface area (Å²) in [5.41, 5.74) is 3.67. The summed E-state index contributed by atoms with van der Waals surface area (Å²) in [6.45, 7) is 3.82. The predicted octanol–water partition coefficient (Wildman–Crippen LogP) is 3.53. The Morgan fingerprint density at radius 2 is 1.46 bits per heavy atom. The van der Waals surface area contributed by atoms with Gasteiger partial charge in [-0.25, -0.2) is 0 Å². The monoisotopic (exact) mass is 550 g/mol. The topological polar surface area (TPSA) is 64.7 Å². The molecule has 0 fully saturated rings. The molecule has 0 atom stereocenters. The summed E-state index contributed by atoms with van der Waals surface area (Å²) in [6, 6.07) is 24.8. The Morgan fingerprint density at radius 3 is 2.04 bits per heavy atom. The van der Waals surface area contributed by atoms with E-state index in [4.69, 9.17) is 0 Å². The molecule has 142 valence electrons. The number of nitrogens with zero attached hydrogens (tertiary/aromatic N) is 4. The van der Waals surface area contributed by atoms with Gasteiger partial charge in [0.25, 0.3) is 5.91 Å². The fourth-order valence-corrected chi connectivity index (χ4v) is 2.82. The summed E-state index contributed by atoms with van der Waals surface area (Å²) in [5, 5.41) is 11.7. The largest absolute Gasteiger partial charge is 2.00 e. The maximum atomic E-state index is 12.6. The number of rotatable bonds is 4. The van der Waals surface area contributed by atoms with Crippen LogP contribution in [0.25, 0.3) is 11.4 Å². The van der Waals surface area contributed by atoms with Gasteiger partial charge in [0.1, 0.15) is 0 Å². The van der Waals surface area contributed by atoms with E-state index >= 15 is 0 Å². The van der Waals surface area contributed by atoms with Gasteiger partial charge in [0.2, 0.25) is 0 Å². The van der Waals surface area contributed by atoms with Crippen molar-refractivity contribution in [1.82, 2.24) is 19.6 Å². The molecule has 4 aromatic rings. The Labute approximate surface area is 177 Å². The van der Waals surface area contributed by atoms with Gasteiger partial charge in [0.05, 0.1) is 0 Å². The van der Waals surface area contributed by atoms with E-state index in [2.05, 4.69) is 27.6 Å². The number of hydrogen-bond donors (Lipinski definition) is 1. The second kappa shape index (κ2) is 8.36. The van der Waals surface area contributed by atoms with Gasteiger partial charge in [-0.3, -0.25) is 14.2 Å². The second-order valence-corrected chi connectivity index (χ2v) is 6.12. The van der Waals surface area contributed by atoms with Gasteiger partial charge in [-0.05, 0) is 31.3 Å². The molecule has 0 saturated carbocycles. The average Bonchev–Trinajstić information content (AvgIpc) is 3.26. The van der Waals surface area contributed by atoms with E-state index in [0.29, 0.717) is 11.5 Å². The molecule has 1 amide bonds. The van der Waals surface area contributed by atoms with Crippen molar-refractivity contribution in [2.45, 2.75) is 13.8 Å². The predicted molar refractivity (Wildman–Crippen MR) is 102 cm³/mol. The third-order valence-corrected chi connectivity index (χ3v) is 4.09. The second-order valence-electron chi connectivity index (χ2n) is 6.12. The van der Waals surface area contributed by atoms with Crippen LogP contribution in [0, 0.1) is 26.0 Å². The Balaban J connectivity index is 0.00000225. The molecule has 2 heterocycles. The van der Waals surface area contributed by atoms with E-state index in [1.807, 2.05) is 68.4 Å². The van der Waals surface area contributed by atoms with Crippen LogP contribution >= 0.6 is 0 Å². The first kappa shape index (κ1) is 19.8. The van der Waals surface area contributed by atoms with Gasteiger partial charge in [0.15, 0.2) is 11.5 Å². The maximum Gasteiger partial charge on any atom is 2.00 e. The van der Waals surface area contributed by atoms with Gasteiger partial charge in [-0.15, -0.1) is 12.1 Å². The van der Waals surface area contributed by atoms with Crippen LogP contribution in [0.4, 0.5) is 5.82 Å². The van der Waals surface area contributed by atoms with Crippen molar-refractivity contribution in [2.24, 2.45) is 0 Å². The number of carbonyl (C=O) groups excluding carboxylic acids is 1. The Hall–Kier alpha value is -2.98. The molecule has 2 aromatic heterocycles. The van der Waals surface area contributed by atoms with Crippen molar-refractivity contribution < 1.29 is 25.9 Å². The van der Waals surface area contributed by atoms with E-state index in [9.17, 15) is 4.79 Å². The number of hydrogen-bond acceptors (Lipinski definition) is 3. The van der Waals surface area contributed by atoms with E-state index in [0.717, 1.165) is 22.8 Å². The molecule has 1 N–H and O–H groups in total. The van der Waals surface area contributed by atoms with Gasteiger partial charge >= 0.3 is 21.1 Å². The Bertz CT molecular complexity index is 1090. The van der Waals surface area contributed by atoms with Crippen molar-refractivity contribution in [3.8, 4) is 11.4 Å². The summed E-state index contributed by atoms with van der Waals surface area (Å²) in [5.74, 6) is 0.155. The van der Waals surface area contributed by atoms with E-state index in [-0.39, 0.29) is 27.0 Å². The molecule has 28 heavy (non-hydrogen) atoms. The first-order valence-corrected chi connectivity index (χ1v) is 8.51. The Morgan fingerprint density at radius 1 is 0.893 bits per heavy atom. The van der Waals surface area contributed by atoms with Crippen LogP contribution in [0.5, 0.6) is 0 Å². The third kappa shape index (κ3) is 3.97. The molecule has 0 saturated heterocycles. The smallest absolute Gasteiger partial charge is 0.304 e. The molecule has 7 heteroatoms. The number of carbonyl (C=O) groups is 1. The van der Waals surface area contributed by atoms with Crippen LogP contribution in [0.1, 0.15) is 21.9 Å². The minimum absolute atomic E-state index is 0. The Kier molecular flexibility index (Phi) is 5.90. The minimum Gasteiger partial charge on any atom is -0.304 e. The van der Waals surface area contributed by atoms with Crippen molar-refractivity contribution in [3.63, 3.8) is 0 Å². The SMILES string of the molecule is Cc1cc(NC(=O)c2cc(C)n(-c3[c-]cccc3)n2)nn1-c1[c-]cccc1.[Pt+2]. The number of anilines is 1. The van der Waals surface area contributed by atoms with Gasteiger partial charge in [0, 0.05) is 17.5 Å². The number of benzene rings is 2. The first-order valence-electron chi connectivity index (χ1n) is 8.51. The molecule has 0 aliphatic carbocycles.